The first-order valence-corrected chi connectivity index (χ1v) is 5.00. The number of nitrogens with zero attached hydrogens (tertiary/aromatic N) is 1. The van der Waals surface area contributed by atoms with Gasteiger partial charge in [-0.05, 0) is 30.7 Å². The Morgan fingerprint density at radius 2 is 2.07 bits per heavy atom. The monoisotopic (exact) mass is 208 g/mol. The van der Waals surface area contributed by atoms with Gasteiger partial charge in [-0.25, -0.2) is 4.39 Å². The number of benzene rings is 1. The first-order valence-electron chi connectivity index (χ1n) is 5.00. The van der Waals surface area contributed by atoms with Crippen LogP contribution in [0.4, 0.5) is 10.1 Å². The minimum atomic E-state index is -0.297. The van der Waals surface area contributed by atoms with Gasteiger partial charge in [0.25, 0.3) is 0 Å². The molecule has 2 N–H and O–H groups in total. The normalized spacial score (nSPS) is 21.1. The van der Waals surface area contributed by atoms with Crippen LogP contribution in [0.1, 0.15) is 12.8 Å². The van der Waals surface area contributed by atoms with Crippen molar-refractivity contribution in [2.24, 2.45) is 5.73 Å². The first kappa shape index (κ1) is 10.1. The molecule has 1 saturated heterocycles. The lowest BCUT2D eigenvalue weighted by molar-refractivity contribution is -0.117. The maximum absolute atomic E-state index is 12.7. The van der Waals surface area contributed by atoms with Crippen LogP contribution in [0.15, 0.2) is 24.3 Å². The van der Waals surface area contributed by atoms with Gasteiger partial charge < -0.3 is 10.6 Å². The van der Waals surface area contributed by atoms with Crippen molar-refractivity contribution in [3.8, 4) is 0 Å². The van der Waals surface area contributed by atoms with Crippen LogP contribution in [0.2, 0.25) is 0 Å². The van der Waals surface area contributed by atoms with Crippen LogP contribution in [0.25, 0.3) is 0 Å². The third-order valence-corrected chi connectivity index (χ3v) is 2.70. The fourth-order valence-corrected chi connectivity index (χ4v) is 1.92. The highest BCUT2D eigenvalue weighted by atomic mass is 19.1. The summed E-state index contributed by atoms with van der Waals surface area (Å²) in [4.78, 5) is 13.3. The maximum Gasteiger partial charge on any atom is 0.227 e. The van der Waals surface area contributed by atoms with Gasteiger partial charge in [0.05, 0.1) is 0 Å². The first-order chi connectivity index (χ1) is 7.22. The minimum absolute atomic E-state index is 0.0583. The molecule has 1 aromatic rings. The number of halogens is 1. The molecule has 0 spiro atoms. The van der Waals surface area contributed by atoms with E-state index >= 15 is 0 Å². The molecule has 1 fully saturated rings. The molecule has 1 heterocycles. The molecule has 0 aromatic heterocycles. The second kappa shape index (κ2) is 3.98. The van der Waals surface area contributed by atoms with Crippen LogP contribution in [0.3, 0.4) is 0 Å². The second-order valence-electron chi connectivity index (χ2n) is 3.67. The third kappa shape index (κ3) is 1.85. The molecule has 0 aliphatic carbocycles. The van der Waals surface area contributed by atoms with Gasteiger partial charge in [0.2, 0.25) is 5.91 Å². The molecule has 15 heavy (non-hydrogen) atoms. The van der Waals surface area contributed by atoms with Crippen molar-refractivity contribution in [3.05, 3.63) is 30.1 Å². The van der Waals surface area contributed by atoms with Gasteiger partial charge in [-0.2, -0.15) is 0 Å². The van der Waals surface area contributed by atoms with E-state index in [1.807, 2.05) is 0 Å². The molecule has 1 aliphatic rings. The number of amides is 1. The van der Waals surface area contributed by atoms with Gasteiger partial charge in [0.1, 0.15) is 5.82 Å². The molecular formula is C11H13FN2O. The zero-order chi connectivity index (χ0) is 10.8. The summed E-state index contributed by atoms with van der Waals surface area (Å²) in [6.45, 7) is 0.448. The van der Waals surface area contributed by atoms with E-state index in [9.17, 15) is 9.18 Å². The molecule has 1 aliphatic heterocycles. The Morgan fingerprint density at radius 3 is 2.67 bits per heavy atom. The Bertz CT molecular complexity index is 363. The van der Waals surface area contributed by atoms with Crippen LogP contribution in [0, 0.1) is 5.82 Å². The van der Waals surface area contributed by atoms with Gasteiger partial charge in [-0.3, -0.25) is 4.79 Å². The summed E-state index contributed by atoms with van der Waals surface area (Å²) in [6, 6.07) is 5.99. The van der Waals surface area contributed by atoms with Gasteiger partial charge >= 0.3 is 0 Å². The van der Waals surface area contributed by atoms with E-state index in [2.05, 4.69) is 0 Å². The Labute approximate surface area is 87.7 Å². The molecule has 2 rings (SSSR count). The molecule has 1 atom stereocenters. The Morgan fingerprint density at radius 1 is 1.40 bits per heavy atom. The molecule has 80 valence electrons. The van der Waals surface area contributed by atoms with E-state index in [0.29, 0.717) is 13.0 Å². The number of rotatable bonds is 2. The van der Waals surface area contributed by atoms with Crippen LogP contribution < -0.4 is 10.6 Å². The smallest absolute Gasteiger partial charge is 0.227 e. The lowest BCUT2D eigenvalue weighted by Crippen LogP contribution is -2.37. The Hall–Kier alpha value is -1.42. The molecule has 0 radical (unpaired) electrons. The molecule has 1 aromatic carbocycles. The average Bonchev–Trinajstić information content (AvgIpc) is 2.61. The lowest BCUT2D eigenvalue weighted by Gasteiger charge is -2.23. The summed E-state index contributed by atoms with van der Waals surface area (Å²) < 4.78 is 12.7. The van der Waals surface area contributed by atoms with Gasteiger partial charge in [0, 0.05) is 24.7 Å². The van der Waals surface area contributed by atoms with Crippen molar-refractivity contribution in [2.75, 3.05) is 11.4 Å². The standard InChI is InChI=1S/C11H13FN2O/c12-8-1-3-9(4-2-8)14-10(7-13)5-6-11(14)15/h1-4,10H,5-7,13H2. The third-order valence-electron chi connectivity index (χ3n) is 2.70. The highest BCUT2D eigenvalue weighted by molar-refractivity contribution is 5.96. The fraction of sp³-hybridized carbons (Fsp3) is 0.364. The average molecular weight is 208 g/mol. The molecule has 1 unspecified atom stereocenters. The summed E-state index contributed by atoms with van der Waals surface area (Å²) >= 11 is 0. The van der Waals surface area contributed by atoms with Crippen molar-refractivity contribution in [3.63, 3.8) is 0 Å². The van der Waals surface area contributed by atoms with E-state index in [4.69, 9.17) is 5.73 Å². The number of hydrogen-bond donors (Lipinski definition) is 1. The van der Waals surface area contributed by atoms with Crippen molar-refractivity contribution in [1.82, 2.24) is 0 Å². The number of carbonyl (C=O) groups is 1. The quantitative estimate of drug-likeness (QED) is 0.795. The summed E-state index contributed by atoms with van der Waals surface area (Å²) in [5.74, 6) is -0.230. The Kier molecular flexibility index (Phi) is 2.68. The molecule has 0 bridgehead atoms. The van der Waals surface area contributed by atoms with Crippen LogP contribution in [0.5, 0.6) is 0 Å². The largest absolute Gasteiger partial charge is 0.328 e. The number of nitrogens with two attached hydrogens (primary N) is 1. The lowest BCUT2D eigenvalue weighted by atomic mass is 10.2. The van der Waals surface area contributed by atoms with Gasteiger partial charge in [0.15, 0.2) is 0 Å². The van der Waals surface area contributed by atoms with E-state index in [1.165, 1.54) is 12.1 Å². The predicted octanol–water partition coefficient (Wildman–Crippen LogP) is 1.28. The van der Waals surface area contributed by atoms with Gasteiger partial charge in [-0.1, -0.05) is 0 Å². The molecular weight excluding hydrogens is 195 g/mol. The molecule has 4 heteroatoms. The zero-order valence-corrected chi connectivity index (χ0v) is 8.32. The van der Waals surface area contributed by atoms with Crippen LogP contribution >= 0.6 is 0 Å². The molecule has 0 saturated carbocycles. The number of carbonyl (C=O) groups excluding carboxylic acids is 1. The maximum atomic E-state index is 12.7. The zero-order valence-electron chi connectivity index (χ0n) is 8.32. The number of hydrogen-bond acceptors (Lipinski definition) is 2. The molecule has 1 amide bonds. The minimum Gasteiger partial charge on any atom is -0.328 e. The summed E-state index contributed by atoms with van der Waals surface area (Å²) in [7, 11) is 0. The SMILES string of the molecule is NCC1CCC(=O)N1c1ccc(F)cc1. The van der Waals surface area contributed by atoms with Crippen LogP contribution in [-0.4, -0.2) is 18.5 Å². The van der Waals surface area contributed by atoms with Crippen molar-refractivity contribution < 1.29 is 9.18 Å². The van der Waals surface area contributed by atoms with Gasteiger partial charge in [-0.15, -0.1) is 0 Å². The predicted molar refractivity (Wildman–Crippen MR) is 56.0 cm³/mol. The van der Waals surface area contributed by atoms with Crippen molar-refractivity contribution in [1.29, 1.82) is 0 Å². The highest BCUT2D eigenvalue weighted by Gasteiger charge is 2.30. The fourth-order valence-electron chi connectivity index (χ4n) is 1.92. The highest BCUT2D eigenvalue weighted by Crippen LogP contribution is 2.25. The molecule has 3 nitrogen and oxygen atoms in total. The van der Waals surface area contributed by atoms with Crippen molar-refractivity contribution >= 4 is 11.6 Å². The number of anilines is 1. The van der Waals surface area contributed by atoms with E-state index < -0.39 is 0 Å². The summed E-state index contributed by atoms with van der Waals surface area (Å²) in [5.41, 5.74) is 6.32. The van der Waals surface area contributed by atoms with E-state index in [1.54, 1.807) is 17.0 Å². The Balaban J connectivity index is 2.28. The topological polar surface area (TPSA) is 46.3 Å². The van der Waals surface area contributed by atoms with E-state index in [-0.39, 0.29) is 17.8 Å². The van der Waals surface area contributed by atoms with E-state index in [0.717, 1.165) is 12.1 Å². The summed E-state index contributed by atoms with van der Waals surface area (Å²) in [5, 5.41) is 0. The van der Waals surface area contributed by atoms with Crippen LogP contribution in [-0.2, 0) is 4.79 Å². The summed E-state index contributed by atoms with van der Waals surface area (Å²) in [6.07, 6.45) is 1.31. The van der Waals surface area contributed by atoms with Crippen molar-refractivity contribution in [2.45, 2.75) is 18.9 Å². The second-order valence-corrected chi connectivity index (χ2v) is 3.67.